The van der Waals surface area contributed by atoms with Crippen LogP contribution in [0.15, 0.2) is 42.6 Å². The van der Waals surface area contributed by atoms with E-state index in [4.69, 9.17) is 10.5 Å². The monoisotopic (exact) mass is 606 g/mol. The highest BCUT2D eigenvalue weighted by Gasteiger charge is 2.27. The van der Waals surface area contributed by atoms with Crippen molar-refractivity contribution in [3.63, 3.8) is 0 Å². The Hall–Kier alpha value is -3.66. The minimum Gasteiger partial charge on any atom is -0.494 e. The third-order valence-corrected chi connectivity index (χ3v) is 9.84. The molecule has 0 radical (unpaired) electrons. The predicted octanol–water partition coefficient (Wildman–Crippen LogP) is 3.76. The third kappa shape index (κ3) is 7.12. The maximum atomic E-state index is 12.9. The molecule has 0 aliphatic carbocycles. The standard InChI is InChI=1S/C31H43N8O3P/c1-5-21-18-25(27(42-2)19-26(21)39-14-10-22(11-15-39)38-16-12-33-13-17-38)36-31-34-20-23(29(32)40)30(37-31)35-24-8-6-7-9-28(24)43(3,4)41/h6-9,18-20,22,33H,5,10-17H2,1-4H3,(H2,32,40)(H2,34,35,36,37). The molecule has 5 N–H and O–H groups in total. The Morgan fingerprint density at radius 3 is 2.47 bits per heavy atom. The molecule has 5 rings (SSSR count). The predicted molar refractivity (Wildman–Crippen MR) is 175 cm³/mol. The summed E-state index contributed by atoms with van der Waals surface area (Å²) < 4.78 is 18.7. The van der Waals surface area contributed by atoms with Crippen LogP contribution in [0.3, 0.4) is 0 Å². The summed E-state index contributed by atoms with van der Waals surface area (Å²) in [5, 5.41) is 10.6. The third-order valence-electron chi connectivity index (χ3n) is 8.29. The number of para-hydroxylation sites is 1. The molecule has 11 nitrogen and oxygen atoms in total. The van der Waals surface area contributed by atoms with Crippen molar-refractivity contribution in [3.8, 4) is 5.75 Å². The van der Waals surface area contributed by atoms with Gasteiger partial charge in [-0.3, -0.25) is 9.69 Å². The first kappa shape index (κ1) is 30.8. The van der Waals surface area contributed by atoms with Gasteiger partial charge in [0, 0.05) is 68.6 Å². The van der Waals surface area contributed by atoms with Crippen LogP contribution in [0.2, 0.25) is 0 Å². The lowest BCUT2D eigenvalue weighted by Crippen LogP contribution is -2.52. The number of anilines is 5. The van der Waals surface area contributed by atoms with Crippen LogP contribution in [0, 0.1) is 0 Å². The number of piperazine rings is 1. The number of methoxy groups -OCH3 is 1. The summed E-state index contributed by atoms with van der Waals surface area (Å²) in [7, 11) is -0.955. The Labute approximate surface area is 254 Å². The van der Waals surface area contributed by atoms with Crippen LogP contribution in [-0.4, -0.2) is 86.5 Å². The molecule has 0 spiro atoms. The normalized spacial score (nSPS) is 16.6. The van der Waals surface area contributed by atoms with Crippen LogP contribution in [0.25, 0.3) is 0 Å². The van der Waals surface area contributed by atoms with Gasteiger partial charge in [0.1, 0.15) is 24.3 Å². The number of rotatable bonds is 10. The zero-order chi connectivity index (χ0) is 30.6. The Bertz CT molecular complexity index is 1500. The van der Waals surface area contributed by atoms with Crippen LogP contribution in [0.4, 0.5) is 28.8 Å². The van der Waals surface area contributed by atoms with Crippen LogP contribution < -0.4 is 36.6 Å². The van der Waals surface area contributed by atoms with Gasteiger partial charge in [0.2, 0.25) is 5.95 Å². The number of primary amides is 1. The number of piperidine rings is 1. The Morgan fingerprint density at radius 1 is 1.09 bits per heavy atom. The van der Waals surface area contributed by atoms with Crippen molar-refractivity contribution in [2.24, 2.45) is 5.73 Å². The lowest BCUT2D eigenvalue weighted by atomic mass is 9.99. The van der Waals surface area contributed by atoms with Gasteiger partial charge in [0.15, 0.2) is 0 Å². The molecule has 2 saturated heterocycles. The molecular weight excluding hydrogens is 563 g/mol. The van der Waals surface area contributed by atoms with Crippen LogP contribution in [0.1, 0.15) is 35.7 Å². The molecule has 2 fully saturated rings. The number of carbonyl (C=O) groups is 1. The Kier molecular flexibility index (Phi) is 9.54. The summed E-state index contributed by atoms with van der Waals surface area (Å²) in [5.74, 6) is 0.506. The number of hydrogen-bond donors (Lipinski definition) is 4. The minimum absolute atomic E-state index is 0.128. The van der Waals surface area contributed by atoms with Crippen LogP contribution >= 0.6 is 7.14 Å². The molecule has 0 unspecified atom stereocenters. The number of aryl methyl sites for hydroxylation is 1. The van der Waals surface area contributed by atoms with E-state index in [9.17, 15) is 9.36 Å². The van der Waals surface area contributed by atoms with E-state index in [2.05, 4.69) is 54.8 Å². The highest BCUT2D eigenvalue weighted by atomic mass is 31.2. The van der Waals surface area contributed by atoms with Crippen molar-refractivity contribution in [2.75, 3.05) is 75.2 Å². The molecule has 0 bridgehead atoms. The number of hydrogen-bond acceptors (Lipinski definition) is 10. The number of aromatic nitrogens is 2. The fraction of sp³-hybridized carbons (Fsp3) is 0.452. The smallest absolute Gasteiger partial charge is 0.254 e. The Morgan fingerprint density at radius 2 is 1.81 bits per heavy atom. The molecule has 43 heavy (non-hydrogen) atoms. The molecule has 0 atom stereocenters. The van der Waals surface area contributed by atoms with E-state index in [1.807, 2.05) is 12.1 Å². The summed E-state index contributed by atoms with van der Waals surface area (Å²) in [6.45, 7) is 12.0. The number of nitrogens with one attached hydrogen (secondary N) is 3. The van der Waals surface area contributed by atoms with E-state index in [0.29, 0.717) is 22.8 Å². The second-order valence-electron chi connectivity index (χ2n) is 11.5. The molecule has 2 aliphatic heterocycles. The van der Waals surface area contributed by atoms with Crippen molar-refractivity contribution in [1.29, 1.82) is 0 Å². The van der Waals surface area contributed by atoms with Crippen molar-refractivity contribution < 1.29 is 14.1 Å². The number of nitrogens with two attached hydrogens (primary N) is 1. The first-order valence-corrected chi connectivity index (χ1v) is 17.5. The maximum absolute atomic E-state index is 12.9. The largest absolute Gasteiger partial charge is 0.494 e. The van der Waals surface area contributed by atoms with E-state index < -0.39 is 13.0 Å². The molecule has 1 amide bonds. The topological polar surface area (TPSA) is 138 Å². The molecule has 1 aromatic heterocycles. The summed E-state index contributed by atoms with van der Waals surface area (Å²) in [6.07, 6.45) is 4.54. The molecule has 2 aromatic carbocycles. The van der Waals surface area contributed by atoms with E-state index in [1.165, 1.54) is 17.4 Å². The number of carbonyl (C=O) groups excluding carboxylic acids is 1. The van der Waals surface area contributed by atoms with E-state index in [-0.39, 0.29) is 17.3 Å². The van der Waals surface area contributed by atoms with E-state index in [0.717, 1.165) is 64.2 Å². The average molecular weight is 607 g/mol. The molecule has 12 heteroatoms. The molecular formula is C31H43N8O3P. The van der Waals surface area contributed by atoms with E-state index in [1.54, 1.807) is 32.6 Å². The first-order chi connectivity index (χ1) is 20.7. The summed E-state index contributed by atoms with van der Waals surface area (Å²) in [6, 6.07) is 12.1. The average Bonchev–Trinajstić information content (AvgIpc) is 3.01. The van der Waals surface area contributed by atoms with Crippen molar-refractivity contribution in [3.05, 3.63) is 53.7 Å². The van der Waals surface area contributed by atoms with Crippen molar-refractivity contribution in [2.45, 2.75) is 32.2 Å². The second kappa shape index (κ2) is 13.3. The summed E-state index contributed by atoms with van der Waals surface area (Å²) in [4.78, 5) is 26.3. The lowest BCUT2D eigenvalue weighted by Gasteiger charge is -2.41. The fourth-order valence-corrected chi connectivity index (χ4v) is 7.15. The van der Waals surface area contributed by atoms with Crippen LogP contribution in [-0.2, 0) is 11.0 Å². The van der Waals surface area contributed by atoms with Gasteiger partial charge in [-0.25, -0.2) is 4.98 Å². The zero-order valence-corrected chi connectivity index (χ0v) is 26.4. The fourth-order valence-electron chi connectivity index (χ4n) is 5.99. The van der Waals surface area contributed by atoms with Gasteiger partial charge in [-0.2, -0.15) is 4.98 Å². The van der Waals surface area contributed by atoms with E-state index >= 15 is 0 Å². The zero-order valence-electron chi connectivity index (χ0n) is 25.5. The highest BCUT2D eigenvalue weighted by molar-refractivity contribution is 7.70. The SMILES string of the molecule is CCc1cc(Nc2ncc(C(N)=O)c(Nc3ccccc3P(C)(C)=O)n2)c(OC)cc1N1CCC(N2CCNCC2)CC1. The molecule has 3 aromatic rings. The summed E-state index contributed by atoms with van der Waals surface area (Å²) in [5.41, 5.74) is 9.49. The number of nitrogens with zero attached hydrogens (tertiary/aromatic N) is 4. The van der Waals surface area contributed by atoms with Crippen molar-refractivity contribution in [1.82, 2.24) is 20.2 Å². The second-order valence-corrected chi connectivity index (χ2v) is 14.7. The molecule has 2 aliphatic rings. The number of amides is 1. The minimum atomic E-state index is -2.61. The van der Waals surface area contributed by atoms with Crippen molar-refractivity contribution >= 4 is 47.2 Å². The lowest BCUT2D eigenvalue weighted by molar-refractivity contribution is 0.100. The first-order valence-electron chi connectivity index (χ1n) is 14.9. The van der Waals surface area contributed by atoms with Crippen LogP contribution in [0.5, 0.6) is 5.75 Å². The number of ether oxygens (including phenoxy) is 1. The molecule has 230 valence electrons. The van der Waals surface area contributed by atoms with Gasteiger partial charge < -0.3 is 35.9 Å². The summed E-state index contributed by atoms with van der Waals surface area (Å²) >= 11 is 0. The van der Waals surface area contributed by atoms with Gasteiger partial charge in [0.25, 0.3) is 5.91 Å². The van der Waals surface area contributed by atoms with Gasteiger partial charge in [-0.15, -0.1) is 0 Å². The Balaban J connectivity index is 1.39. The molecule has 3 heterocycles. The molecule has 0 saturated carbocycles. The van der Waals surface area contributed by atoms with Gasteiger partial charge >= 0.3 is 0 Å². The van der Waals surface area contributed by atoms with Gasteiger partial charge in [-0.05, 0) is 56.4 Å². The quantitative estimate of drug-likeness (QED) is 0.253. The van der Waals surface area contributed by atoms with Gasteiger partial charge in [-0.1, -0.05) is 19.1 Å². The maximum Gasteiger partial charge on any atom is 0.254 e. The number of benzene rings is 2. The van der Waals surface area contributed by atoms with Gasteiger partial charge in [0.05, 0.1) is 18.5 Å². The highest BCUT2D eigenvalue weighted by Crippen LogP contribution is 2.39.